The summed E-state index contributed by atoms with van der Waals surface area (Å²) in [5, 5.41) is 4.36. The molecule has 0 radical (unpaired) electrons. The van der Waals surface area contributed by atoms with E-state index in [1.807, 2.05) is 18.2 Å². The van der Waals surface area contributed by atoms with Crippen LogP contribution in [0.4, 0.5) is 5.69 Å². The lowest BCUT2D eigenvalue weighted by Gasteiger charge is -2.20. The van der Waals surface area contributed by atoms with E-state index in [4.69, 9.17) is 11.6 Å². The van der Waals surface area contributed by atoms with Gasteiger partial charge in [-0.25, -0.2) is 0 Å². The maximum atomic E-state index is 6.24. The monoisotopic (exact) mass is 337 g/mol. The molecule has 1 N–H and O–H groups in total. The molecule has 1 atom stereocenters. The van der Waals surface area contributed by atoms with Gasteiger partial charge in [0.1, 0.15) is 0 Å². The smallest absolute Gasteiger partial charge is 0.0500 e. The molecule has 0 bridgehead atoms. The second-order valence-corrected chi connectivity index (χ2v) is 6.12. The lowest BCUT2D eigenvalue weighted by atomic mass is 10.0. The van der Waals surface area contributed by atoms with Crippen molar-refractivity contribution >= 4 is 33.2 Å². The first kappa shape index (κ1) is 14.4. The molecule has 2 aromatic carbocycles. The van der Waals surface area contributed by atoms with E-state index in [0.29, 0.717) is 0 Å². The van der Waals surface area contributed by atoms with Crippen molar-refractivity contribution in [3.05, 3.63) is 62.6 Å². The first-order chi connectivity index (χ1) is 8.99. The van der Waals surface area contributed by atoms with E-state index in [1.54, 1.807) is 0 Å². The minimum Gasteiger partial charge on any atom is -0.378 e. The van der Waals surface area contributed by atoms with Gasteiger partial charge < -0.3 is 5.32 Å². The van der Waals surface area contributed by atoms with Gasteiger partial charge >= 0.3 is 0 Å². The minimum atomic E-state index is 0.173. The normalized spacial score (nSPS) is 12.3. The van der Waals surface area contributed by atoms with E-state index in [-0.39, 0.29) is 6.04 Å². The van der Waals surface area contributed by atoms with E-state index in [9.17, 15) is 0 Å². The van der Waals surface area contributed by atoms with Crippen molar-refractivity contribution in [3.63, 3.8) is 0 Å². The summed E-state index contributed by atoms with van der Waals surface area (Å²) in [7, 11) is 0. The molecule has 0 fully saturated rings. The summed E-state index contributed by atoms with van der Waals surface area (Å²) in [5.74, 6) is 0. The van der Waals surface area contributed by atoms with Crippen molar-refractivity contribution in [2.24, 2.45) is 0 Å². The van der Waals surface area contributed by atoms with Gasteiger partial charge in [-0.3, -0.25) is 0 Å². The SMILES string of the molecule is Cc1cc(Br)cc(C)c1NC(C)c1ccccc1Cl. The van der Waals surface area contributed by atoms with Crippen molar-refractivity contribution < 1.29 is 0 Å². The van der Waals surface area contributed by atoms with Crippen molar-refractivity contribution in [3.8, 4) is 0 Å². The molecule has 3 heteroatoms. The van der Waals surface area contributed by atoms with Gasteiger partial charge in [-0.1, -0.05) is 45.7 Å². The van der Waals surface area contributed by atoms with Gasteiger partial charge in [-0.05, 0) is 55.7 Å². The first-order valence-corrected chi connectivity index (χ1v) is 7.44. The third kappa shape index (κ3) is 3.31. The van der Waals surface area contributed by atoms with E-state index in [0.717, 1.165) is 15.1 Å². The number of halogens is 2. The molecule has 1 unspecified atom stereocenters. The number of nitrogens with one attached hydrogen (secondary N) is 1. The molecule has 0 aliphatic rings. The molecule has 0 heterocycles. The average Bonchev–Trinajstić information content (AvgIpc) is 2.34. The topological polar surface area (TPSA) is 12.0 Å². The molecule has 0 aliphatic heterocycles. The highest BCUT2D eigenvalue weighted by atomic mass is 79.9. The molecular formula is C16H17BrClN. The van der Waals surface area contributed by atoms with Gasteiger partial charge in [0.25, 0.3) is 0 Å². The van der Waals surface area contributed by atoms with Gasteiger partial charge in [0.15, 0.2) is 0 Å². The van der Waals surface area contributed by atoms with Crippen molar-refractivity contribution in [1.29, 1.82) is 0 Å². The molecule has 0 aliphatic carbocycles. The number of aryl methyl sites for hydroxylation is 2. The van der Waals surface area contributed by atoms with Gasteiger partial charge in [0.2, 0.25) is 0 Å². The summed E-state index contributed by atoms with van der Waals surface area (Å²) >= 11 is 9.76. The molecule has 0 amide bonds. The second-order valence-electron chi connectivity index (χ2n) is 4.80. The lowest BCUT2D eigenvalue weighted by Crippen LogP contribution is -2.09. The standard InChI is InChI=1S/C16H17BrClN/c1-10-8-13(17)9-11(2)16(10)19-12(3)14-6-4-5-7-15(14)18/h4-9,12,19H,1-3H3. The Morgan fingerprint density at radius 1 is 1.11 bits per heavy atom. The summed E-state index contributed by atoms with van der Waals surface area (Å²) in [6.07, 6.45) is 0. The maximum Gasteiger partial charge on any atom is 0.0500 e. The van der Waals surface area contributed by atoms with E-state index >= 15 is 0 Å². The molecule has 100 valence electrons. The predicted octanol–water partition coefficient (Wildman–Crippen LogP) is 5.89. The highest BCUT2D eigenvalue weighted by Gasteiger charge is 2.12. The Kier molecular flexibility index (Phi) is 4.54. The molecule has 2 rings (SSSR count). The largest absolute Gasteiger partial charge is 0.378 e. The highest BCUT2D eigenvalue weighted by Crippen LogP contribution is 2.30. The van der Waals surface area contributed by atoms with Crippen LogP contribution in [-0.4, -0.2) is 0 Å². The quantitative estimate of drug-likeness (QED) is 0.735. The predicted molar refractivity (Wildman–Crippen MR) is 87.1 cm³/mol. The molecule has 0 spiro atoms. The third-order valence-corrected chi connectivity index (χ3v) is 4.03. The van der Waals surface area contributed by atoms with Gasteiger partial charge in [0.05, 0.1) is 6.04 Å². The molecule has 2 aromatic rings. The van der Waals surface area contributed by atoms with Crippen LogP contribution in [-0.2, 0) is 0 Å². The van der Waals surface area contributed by atoms with Crippen molar-refractivity contribution in [2.45, 2.75) is 26.8 Å². The fraction of sp³-hybridized carbons (Fsp3) is 0.250. The number of benzene rings is 2. The van der Waals surface area contributed by atoms with Crippen LogP contribution in [0, 0.1) is 13.8 Å². The molecule has 0 saturated carbocycles. The lowest BCUT2D eigenvalue weighted by molar-refractivity contribution is 0.880. The minimum absolute atomic E-state index is 0.173. The first-order valence-electron chi connectivity index (χ1n) is 6.26. The van der Waals surface area contributed by atoms with Crippen molar-refractivity contribution in [1.82, 2.24) is 0 Å². The van der Waals surface area contributed by atoms with E-state index in [2.05, 4.69) is 60.2 Å². The summed E-state index contributed by atoms with van der Waals surface area (Å²) in [6.45, 7) is 6.35. The molecule has 0 aromatic heterocycles. The van der Waals surface area contributed by atoms with Gasteiger partial charge in [0, 0.05) is 15.2 Å². The Labute approximate surface area is 128 Å². The molecular weight excluding hydrogens is 322 g/mol. The Balaban J connectivity index is 2.29. The third-order valence-electron chi connectivity index (χ3n) is 3.23. The fourth-order valence-corrected chi connectivity index (χ4v) is 3.25. The van der Waals surface area contributed by atoms with E-state index in [1.165, 1.54) is 16.8 Å². The molecule has 0 saturated heterocycles. The Bertz CT molecular complexity index is 572. The van der Waals surface area contributed by atoms with Crippen LogP contribution in [0.3, 0.4) is 0 Å². The van der Waals surface area contributed by atoms with Crippen LogP contribution in [0.2, 0.25) is 5.02 Å². The number of hydrogen-bond acceptors (Lipinski definition) is 1. The number of hydrogen-bond donors (Lipinski definition) is 1. The van der Waals surface area contributed by atoms with Crippen LogP contribution < -0.4 is 5.32 Å². The average molecular weight is 339 g/mol. The zero-order valence-corrected chi connectivity index (χ0v) is 13.6. The van der Waals surface area contributed by atoms with Crippen molar-refractivity contribution in [2.75, 3.05) is 5.32 Å². The summed E-state index contributed by atoms with van der Waals surface area (Å²) < 4.78 is 1.11. The Hall–Kier alpha value is -0.990. The van der Waals surface area contributed by atoms with Crippen LogP contribution in [0.15, 0.2) is 40.9 Å². The van der Waals surface area contributed by atoms with Crippen LogP contribution in [0.5, 0.6) is 0 Å². The molecule has 19 heavy (non-hydrogen) atoms. The van der Waals surface area contributed by atoms with Crippen LogP contribution in [0.1, 0.15) is 29.7 Å². The number of anilines is 1. The summed E-state index contributed by atoms with van der Waals surface area (Å²) in [4.78, 5) is 0. The van der Waals surface area contributed by atoms with Crippen LogP contribution >= 0.6 is 27.5 Å². The fourth-order valence-electron chi connectivity index (χ4n) is 2.26. The zero-order valence-electron chi connectivity index (χ0n) is 11.3. The van der Waals surface area contributed by atoms with Gasteiger partial charge in [-0.2, -0.15) is 0 Å². The molecule has 1 nitrogen and oxygen atoms in total. The Morgan fingerprint density at radius 2 is 1.68 bits per heavy atom. The Morgan fingerprint density at radius 3 is 2.26 bits per heavy atom. The van der Waals surface area contributed by atoms with Gasteiger partial charge in [-0.15, -0.1) is 0 Å². The van der Waals surface area contributed by atoms with Crippen LogP contribution in [0.25, 0.3) is 0 Å². The zero-order chi connectivity index (χ0) is 14.0. The maximum absolute atomic E-state index is 6.24. The second kappa shape index (κ2) is 5.98. The summed E-state index contributed by atoms with van der Waals surface area (Å²) in [5.41, 5.74) is 4.75. The highest BCUT2D eigenvalue weighted by molar-refractivity contribution is 9.10. The van der Waals surface area contributed by atoms with E-state index < -0.39 is 0 Å². The summed E-state index contributed by atoms with van der Waals surface area (Å²) in [6, 6.07) is 12.4. The number of rotatable bonds is 3.